The molecule has 2 rings (SSSR count). The molecule has 2 unspecified atom stereocenters. The summed E-state index contributed by atoms with van der Waals surface area (Å²) in [6.07, 6.45) is -0.253. The first-order valence-corrected chi connectivity index (χ1v) is 7.37. The Hall–Kier alpha value is -2.28. The molecule has 126 valence electrons. The average Bonchev–Trinajstić information content (AvgIpc) is 2.58. The third kappa shape index (κ3) is 2.96. The molecule has 1 aromatic rings. The van der Waals surface area contributed by atoms with Gasteiger partial charge in [-0.05, 0) is 31.0 Å². The minimum Gasteiger partial charge on any atom is -0.493 e. The molecular weight excluding hydrogens is 302 g/mol. The molecule has 1 aliphatic rings. The van der Waals surface area contributed by atoms with E-state index in [2.05, 4.69) is 0 Å². The van der Waals surface area contributed by atoms with Crippen molar-refractivity contribution in [1.82, 2.24) is 0 Å². The number of amides is 1. The zero-order valence-corrected chi connectivity index (χ0v) is 13.7. The summed E-state index contributed by atoms with van der Waals surface area (Å²) < 4.78 is 15.8. The van der Waals surface area contributed by atoms with E-state index in [0.717, 1.165) is 0 Å². The molecule has 7 heteroatoms. The Kier molecular flexibility index (Phi) is 5.10. The fraction of sp³-hybridized carbons (Fsp3) is 0.500. The zero-order valence-electron chi connectivity index (χ0n) is 13.7. The summed E-state index contributed by atoms with van der Waals surface area (Å²) in [6.45, 7) is 3.18. The summed E-state index contributed by atoms with van der Waals surface area (Å²) >= 11 is 0. The fourth-order valence-corrected chi connectivity index (χ4v) is 2.58. The number of aliphatic hydroxyl groups is 1. The van der Waals surface area contributed by atoms with Gasteiger partial charge in [0.15, 0.2) is 17.6 Å². The number of anilines is 1. The minimum absolute atomic E-state index is 0.227. The Morgan fingerprint density at radius 2 is 2.13 bits per heavy atom. The van der Waals surface area contributed by atoms with Crippen LogP contribution in [0.5, 0.6) is 11.5 Å². The van der Waals surface area contributed by atoms with Crippen molar-refractivity contribution < 1.29 is 28.9 Å². The first-order valence-electron chi connectivity index (χ1n) is 7.37. The van der Waals surface area contributed by atoms with E-state index in [-0.39, 0.29) is 12.5 Å². The maximum Gasteiger partial charge on any atom is 0.328 e. The standard InChI is InChI=1S/C16H21NO6/c1-5-12-15(19)17(9(2)16(20)22-4)11-6-10(8-18)7-13(21-3)14(11)23-12/h6-7,9,12,18H,5,8H2,1-4H3. The molecule has 0 aliphatic carbocycles. The van der Waals surface area contributed by atoms with Gasteiger partial charge in [-0.1, -0.05) is 6.92 Å². The molecule has 0 spiro atoms. The maximum absolute atomic E-state index is 12.7. The van der Waals surface area contributed by atoms with E-state index >= 15 is 0 Å². The van der Waals surface area contributed by atoms with Crippen molar-refractivity contribution in [3.63, 3.8) is 0 Å². The van der Waals surface area contributed by atoms with Crippen molar-refractivity contribution in [3.8, 4) is 11.5 Å². The van der Waals surface area contributed by atoms with Crippen LogP contribution in [-0.4, -0.2) is 43.3 Å². The van der Waals surface area contributed by atoms with Gasteiger partial charge < -0.3 is 19.3 Å². The van der Waals surface area contributed by atoms with Gasteiger partial charge in [0.25, 0.3) is 5.91 Å². The van der Waals surface area contributed by atoms with E-state index in [9.17, 15) is 14.7 Å². The van der Waals surface area contributed by atoms with Crippen molar-refractivity contribution in [1.29, 1.82) is 0 Å². The molecule has 0 bridgehead atoms. The highest BCUT2D eigenvalue weighted by atomic mass is 16.5. The number of ether oxygens (including phenoxy) is 3. The van der Waals surface area contributed by atoms with Gasteiger partial charge in [-0.25, -0.2) is 4.79 Å². The van der Waals surface area contributed by atoms with Crippen LogP contribution in [0.25, 0.3) is 0 Å². The van der Waals surface area contributed by atoms with Gasteiger partial charge >= 0.3 is 5.97 Å². The topological polar surface area (TPSA) is 85.3 Å². The maximum atomic E-state index is 12.7. The second kappa shape index (κ2) is 6.87. The number of rotatable bonds is 5. The minimum atomic E-state index is -0.817. The quantitative estimate of drug-likeness (QED) is 0.821. The van der Waals surface area contributed by atoms with Crippen LogP contribution < -0.4 is 14.4 Å². The predicted molar refractivity (Wildman–Crippen MR) is 82.6 cm³/mol. The number of benzene rings is 1. The van der Waals surface area contributed by atoms with Gasteiger partial charge in [0.2, 0.25) is 0 Å². The highest BCUT2D eigenvalue weighted by molar-refractivity contribution is 6.05. The van der Waals surface area contributed by atoms with Gasteiger partial charge in [0, 0.05) is 0 Å². The lowest BCUT2D eigenvalue weighted by Gasteiger charge is -2.37. The molecular formula is C16H21NO6. The molecule has 1 amide bonds. The first-order chi connectivity index (χ1) is 11.0. The van der Waals surface area contributed by atoms with E-state index in [1.165, 1.54) is 19.1 Å². The summed E-state index contributed by atoms with van der Waals surface area (Å²) in [5.74, 6) is -0.0732. The van der Waals surface area contributed by atoms with Crippen LogP contribution in [0.3, 0.4) is 0 Å². The number of nitrogens with zero attached hydrogens (tertiary/aromatic N) is 1. The lowest BCUT2D eigenvalue weighted by atomic mass is 10.1. The van der Waals surface area contributed by atoms with Crippen LogP contribution >= 0.6 is 0 Å². The number of fused-ring (bicyclic) bond motifs is 1. The molecule has 0 radical (unpaired) electrons. The molecule has 23 heavy (non-hydrogen) atoms. The molecule has 0 fully saturated rings. The number of carbonyl (C=O) groups is 2. The molecule has 1 heterocycles. The average molecular weight is 323 g/mol. The van der Waals surface area contributed by atoms with Crippen LogP contribution in [-0.2, 0) is 20.9 Å². The number of carbonyl (C=O) groups excluding carboxylic acids is 2. The number of esters is 1. The van der Waals surface area contributed by atoms with E-state index in [1.54, 1.807) is 19.1 Å². The molecule has 0 aromatic heterocycles. The van der Waals surface area contributed by atoms with Gasteiger partial charge in [0.1, 0.15) is 6.04 Å². The summed E-state index contributed by atoms with van der Waals surface area (Å²) in [4.78, 5) is 26.0. The van der Waals surface area contributed by atoms with E-state index in [0.29, 0.717) is 29.2 Å². The first kappa shape index (κ1) is 17.1. The predicted octanol–water partition coefficient (Wildman–Crippen LogP) is 1.25. The highest BCUT2D eigenvalue weighted by Crippen LogP contribution is 2.44. The van der Waals surface area contributed by atoms with Gasteiger partial charge in [-0.2, -0.15) is 0 Å². The van der Waals surface area contributed by atoms with Crippen LogP contribution in [0, 0.1) is 0 Å². The Morgan fingerprint density at radius 3 is 2.65 bits per heavy atom. The van der Waals surface area contributed by atoms with Crippen molar-refractivity contribution in [2.75, 3.05) is 19.1 Å². The zero-order chi connectivity index (χ0) is 17.1. The molecule has 1 aromatic carbocycles. The summed E-state index contributed by atoms with van der Waals surface area (Å²) in [5, 5.41) is 9.41. The van der Waals surface area contributed by atoms with Crippen LogP contribution in [0.1, 0.15) is 25.8 Å². The largest absolute Gasteiger partial charge is 0.493 e. The van der Waals surface area contributed by atoms with Crippen LogP contribution in [0.15, 0.2) is 12.1 Å². The van der Waals surface area contributed by atoms with E-state index in [4.69, 9.17) is 14.2 Å². The number of aliphatic hydroxyl groups excluding tert-OH is 1. The molecule has 7 nitrogen and oxygen atoms in total. The monoisotopic (exact) mass is 323 g/mol. The molecule has 1 N–H and O–H groups in total. The second-order valence-corrected chi connectivity index (χ2v) is 5.23. The normalized spacial score (nSPS) is 18.0. The second-order valence-electron chi connectivity index (χ2n) is 5.23. The number of hydrogen-bond acceptors (Lipinski definition) is 6. The summed E-state index contributed by atoms with van der Waals surface area (Å²) in [7, 11) is 2.75. The van der Waals surface area contributed by atoms with E-state index < -0.39 is 18.1 Å². The SMILES string of the molecule is CCC1Oc2c(OC)cc(CO)cc2N(C(C)C(=O)OC)C1=O. The lowest BCUT2D eigenvalue weighted by molar-refractivity contribution is -0.144. The number of methoxy groups -OCH3 is 2. The van der Waals surface area contributed by atoms with Crippen molar-refractivity contribution >= 4 is 17.6 Å². The number of hydrogen-bond donors (Lipinski definition) is 1. The van der Waals surface area contributed by atoms with Gasteiger partial charge in [-0.15, -0.1) is 0 Å². The Bertz CT molecular complexity index is 615. The molecule has 1 aliphatic heterocycles. The van der Waals surface area contributed by atoms with Crippen molar-refractivity contribution in [2.24, 2.45) is 0 Å². The Balaban J connectivity index is 2.62. The molecule has 2 atom stereocenters. The van der Waals surface area contributed by atoms with E-state index in [1.807, 2.05) is 6.92 Å². The van der Waals surface area contributed by atoms with Gasteiger partial charge in [0.05, 0.1) is 26.5 Å². The smallest absolute Gasteiger partial charge is 0.328 e. The van der Waals surface area contributed by atoms with Crippen LogP contribution in [0.2, 0.25) is 0 Å². The van der Waals surface area contributed by atoms with Crippen molar-refractivity contribution in [3.05, 3.63) is 17.7 Å². The summed E-state index contributed by atoms with van der Waals surface area (Å²) in [5.41, 5.74) is 0.940. The highest BCUT2D eigenvalue weighted by Gasteiger charge is 2.40. The molecule has 0 saturated carbocycles. The fourth-order valence-electron chi connectivity index (χ4n) is 2.58. The van der Waals surface area contributed by atoms with Crippen LogP contribution in [0.4, 0.5) is 5.69 Å². The third-order valence-electron chi connectivity index (χ3n) is 3.83. The Labute approximate surface area is 134 Å². The summed E-state index contributed by atoms with van der Waals surface area (Å²) in [6, 6.07) is 2.44. The van der Waals surface area contributed by atoms with Gasteiger partial charge in [-0.3, -0.25) is 9.69 Å². The van der Waals surface area contributed by atoms with Crippen molar-refractivity contribution in [2.45, 2.75) is 39.0 Å². The lowest BCUT2D eigenvalue weighted by Crippen LogP contribution is -2.52. The third-order valence-corrected chi connectivity index (χ3v) is 3.83. The molecule has 0 saturated heterocycles. The Morgan fingerprint density at radius 1 is 1.43 bits per heavy atom.